The predicted molar refractivity (Wildman–Crippen MR) is 139 cm³/mol. The van der Waals surface area contributed by atoms with Gasteiger partial charge in [-0.05, 0) is 30.5 Å². The van der Waals surface area contributed by atoms with Crippen LogP contribution in [0.1, 0.15) is 36.6 Å². The number of ether oxygens (including phenoxy) is 1. The summed E-state index contributed by atoms with van der Waals surface area (Å²) in [4.78, 5) is 18.1. The van der Waals surface area contributed by atoms with Gasteiger partial charge in [0.05, 0.1) is 24.3 Å². The molecule has 4 rings (SSSR count). The van der Waals surface area contributed by atoms with E-state index in [4.69, 9.17) is 9.73 Å². The Morgan fingerprint density at radius 1 is 0.676 bits per heavy atom. The van der Waals surface area contributed by atoms with Crippen LogP contribution in [0.15, 0.2) is 120 Å². The third kappa shape index (κ3) is 4.99. The summed E-state index contributed by atoms with van der Waals surface area (Å²) in [6.07, 6.45) is 0. The number of esters is 1. The summed E-state index contributed by atoms with van der Waals surface area (Å²) in [5.74, 6) is -0.297. The molecular formula is C31H29NO2. The van der Waals surface area contributed by atoms with E-state index in [0.29, 0.717) is 0 Å². The lowest BCUT2D eigenvalue weighted by molar-refractivity contribution is -0.152. The molecule has 0 amide bonds. The van der Waals surface area contributed by atoms with Crippen molar-refractivity contribution < 1.29 is 9.53 Å². The number of rotatable bonds is 7. The first kappa shape index (κ1) is 23.2. The summed E-state index contributed by atoms with van der Waals surface area (Å²) in [5.41, 5.74) is 5.19. The Morgan fingerprint density at radius 3 is 1.59 bits per heavy atom. The minimum absolute atomic E-state index is 0.297. The van der Waals surface area contributed by atoms with Crippen molar-refractivity contribution in [1.82, 2.24) is 0 Å². The van der Waals surface area contributed by atoms with E-state index in [0.717, 1.165) is 33.5 Å². The van der Waals surface area contributed by atoms with Crippen LogP contribution in [0.4, 0.5) is 0 Å². The van der Waals surface area contributed by atoms with Gasteiger partial charge in [0, 0.05) is 11.1 Å². The van der Waals surface area contributed by atoms with Gasteiger partial charge in [-0.3, -0.25) is 9.79 Å². The second-order valence-electron chi connectivity index (χ2n) is 8.81. The number of carbonyl (C=O) groups is 1. The van der Waals surface area contributed by atoms with E-state index in [1.54, 1.807) is 0 Å². The van der Waals surface area contributed by atoms with Crippen molar-refractivity contribution in [2.75, 3.05) is 7.11 Å². The Kier molecular flexibility index (Phi) is 7.03. The van der Waals surface area contributed by atoms with E-state index in [1.807, 2.05) is 92.7 Å². The molecule has 0 aliphatic heterocycles. The van der Waals surface area contributed by atoms with E-state index >= 15 is 0 Å². The van der Waals surface area contributed by atoms with Crippen LogP contribution < -0.4 is 0 Å². The van der Waals surface area contributed by atoms with Crippen molar-refractivity contribution in [3.05, 3.63) is 132 Å². The highest BCUT2D eigenvalue weighted by atomic mass is 16.5. The molecule has 4 aromatic carbocycles. The van der Waals surface area contributed by atoms with Crippen molar-refractivity contribution in [1.29, 1.82) is 0 Å². The van der Waals surface area contributed by atoms with Crippen LogP contribution in [0, 0.1) is 5.41 Å². The van der Waals surface area contributed by atoms with Crippen molar-refractivity contribution in [2.24, 2.45) is 10.4 Å². The number of carbonyl (C=O) groups excluding carboxylic acids is 1. The molecule has 0 heterocycles. The second-order valence-corrected chi connectivity index (χ2v) is 8.81. The quantitative estimate of drug-likeness (QED) is 0.223. The smallest absolute Gasteiger partial charge is 0.313 e. The minimum atomic E-state index is -0.877. The molecule has 0 fully saturated rings. The van der Waals surface area contributed by atoms with Gasteiger partial charge in [0.2, 0.25) is 0 Å². The fraction of sp³-hybridized carbons (Fsp3) is 0.161. The van der Waals surface area contributed by atoms with E-state index in [1.165, 1.54) is 7.11 Å². The molecule has 0 aromatic heterocycles. The Morgan fingerprint density at radius 2 is 1.12 bits per heavy atom. The van der Waals surface area contributed by atoms with Gasteiger partial charge >= 0.3 is 5.97 Å². The standard InChI is InChI=1S/C31H29NO2/c1-31(2,30(33)34-3)29(27-21-19-24(20-22-27)23-13-7-4-8-14-23)32-28(25-15-9-5-10-16-25)26-17-11-6-12-18-26/h4-22,29H,1-3H3. The van der Waals surface area contributed by atoms with Crippen LogP contribution in [0.25, 0.3) is 11.1 Å². The highest BCUT2D eigenvalue weighted by molar-refractivity contribution is 6.13. The summed E-state index contributed by atoms with van der Waals surface area (Å²) in [6, 6.07) is 38.3. The van der Waals surface area contributed by atoms with Crippen LogP contribution in [0.2, 0.25) is 0 Å². The molecule has 1 atom stereocenters. The maximum absolute atomic E-state index is 12.9. The first-order valence-corrected chi connectivity index (χ1v) is 11.4. The fourth-order valence-corrected chi connectivity index (χ4v) is 4.15. The van der Waals surface area contributed by atoms with Gasteiger partial charge in [-0.2, -0.15) is 0 Å². The van der Waals surface area contributed by atoms with Crippen molar-refractivity contribution in [3.8, 4) is 11.1 Å². The molecule has 0 aliphatic rings. The largest absolute Gasteiger partial charge is 0.469 e. The summed E-state index contributed by atoms with van der Waals surface area (Å²) in [6.45, 7) is 3.79. The lowest BCUT2D eigenvalue weighted by Gasteiger charge is -2.30. The van der Waals surface area contributed by atoms with Crippen LogP contribution in [-0.2, 0) is 9.53 Å². The summed E-state index contributed by atoms with van der Waals surface area (Å²) in [7, 11) is 1.43. The molecule has 1 unspecified atom stereocenters. The Labute approximate surface area is 201 Å². The zero-order valence-corrected chi connectivity index (χ0v) is 19.8. The number of benzene rings is 4. The lowest BCUT2D eigenvalue weighted by atomic mass is 9.80. The number of methoxy groups -OCH3 is 1. The second kappa shape index (κ2) is 10.3. The first-order valence-electron chi connectivity index (χ1n) is 11.4. The Hall–Kier alpha value is -3.98. The first-order chi connectivity index (χ1) is 16.5. The molecule has 4 aromatic rings. The average Bonchev–Trinajstić information content (AvgIpc) is 2.90. The normalized spacial score (nSPS) is 12.0. The Balaban J connectivity index is 1.86. The maximum atomic E-state index is 12.9. The average molecular weight is 448 g/mol. The number of hydrogen-bond acceptors (Lipinski definition) is 3. The van der Waals surface area contributed by atoms with Crippen molar-refractivity contribution in [3.63, 3.8) is 0 Å². The Bertz CT molecular complexity index is 1200. The van der Waals surface area contributed by atoms with Crippen LogP contribution >= 0.6 is 0 Å². The third-order valence-corrected chi connectivity index (χ3v) is 6.08. The summed E-state index contributed by atoms with van der Waals surface area (Å²) < 4.78 is 5.20. The molecule has 3 nitrogen and oxygen atoms in total. The molecule has 0 saturated carbocycles. The highest BCUT2D eigenvalue weighted by Gasteiger charge is 2.39. The monoisotopic (exact) mass is 447 g/mol. The van der Waals surface area contributed by atoms with Crippen LogP contribution in [0.5, 0.6) is 0 Å². The van der Waals surface area contributed by atoms with E-state index in [2.05, 4.69) is 36.4 Å². The van der Waals surface area contributed by atoms with Gasteiger partial charge in [-0.25, -0.2) is 0 Å². The topological polar surface area (TPSA) is 38.7 Å². The molecule has 34 heavy (non-hydrogen) atoms. The van der Waals surface area contributed by atoms with Gasteiger partial charge in [0.15, 0.2) is 0 Å². The zero-order valence-electron chi connectivity index (χ0n) is 19.8. The molecular weight excluding hydrogens is 418 g/mol. The minimum Gasteiger partial charge on any atom is -0.469 e. The molecule has 0 saturated heterocycles. The highest BCUT2D eigenvalue weighted by Crippen LogP contribution is 2.39. The van der Waals surface area contributed by atoms with Gasteiger partial charge in [0.25, 0.3) is 0 Å². The van der Waals surface area contributed by atoms with E-state index < -0.39 is 11.5 Å². The van der Waals surface area contributed by atoms with Crippen LogP contribution in [-0.4, -0.2) is 18.8 Å². The molecule has 3 heteroatoms. The third-order valence-electron chi connectivity index (χ3n) is 6.08. The summed E-state index contributed by atoms with van der Waals surface area (Å²) >= 11 is 0. The lowest BCUT2D eigenvalue weighted by Crippen LogP contribution is -2.32. The van der Waals surface area contributed by atoms with Gasteiger partial charge in [-0.1, -0.05) is 115 Å². The summed E-state index contributed by atoms with van der Waals surface area (Å²) in [5, 5.41) is 0. The zero-order chi connectivity index (χ0) is 24.0. The molecule has 170 valence electrons. The van der Waals surface area contributed by atoms with Crippen LogP contribution in [0.3, 0.4) is 0 Å². The number of nitrogens with zero attached hydrogens (tertiary/aromatic N) is 1. The maximum Gasteiger partial charge on any atom is 0.313 e. The van der Waals surface area contributed by atoms with Crippen molar-refractivity contribution in [2.45, 2.75) is 19.9 Å². The van der Waals surface area contributed by atoms with Gasteiger partial charge in [-0.15, -0.1) is 0 Å². The molecule has 0 bridgehead atoms. The van der Waals surface area contributed by atoms with Gasteiger partial charge in [0.1, 0.15) is 0 Å². The molecule has 0 radical (unpaired) electrons. The number of aliphatic imine (C=N–C) groups is 1. The molecule has 0 N–H and O–H groups in total. The SMILES string of the molecule is COC(=O)C(C)(C)C(N=C(c1ccccc1)c1ccccc1)c1ccc(-c2ccccc2)cc1. The van der Waals surface area contributed by atoms with E-state index in [9.17, 15) is 4.79 Å². The molecule has 0 spiro atoms. The van der Waals surface area contributed by atoms with Gasteiger partial charge < -0.3 is 4.74 Å². The predicted octanol–water partition coefficient (Wildman–Crippen LogP) is 7.13. The molecule has 0 aliphatic carbocycles. The fourth-order valence-electron chi connectivity index (χ4n) is 4.15. The number of hydrogen-bond donors (Lipinski definition) is 0. The van der Waals surface area contributed by atoms with Crippen molar-refractivity contribution >= 4 is 11.7 Å². The van der Waals surface area contributed by atoms with E-state index in [-0.39, 0.29) is 5.97 Å².